The van der Waals surface area contributed by atoms with Crippen molar-refractivity contribution in [1.29, 1.82) is 0 Å². The second-order valence-corrected chi connectivity index (χ2v) is 22.1. The Bertz CT molecular complexity index is 4320. The summed E-state index contributed by atoms with van der Waals surface area (Å²) in [7, 11) is 0. The summed E-state index contributed by atoms with van der Waals surface area (Å²) in [5, 5.41) is 7.37. The van der Waals surface area contributed by atoms with Crippen molar-refractivity contribution in [3.63, 3.8) is 0 Å². The van der Waals surface area contributed by atoms with Crippen LogP contribution < -0.4 is 9.47 Å². The van der Waals surface area contributed by atoms with Crippen LogP contribution in [0.3, 0.4) is 0 Å². The molecule has 2 heterocycles. The molecule has 1 unspecified atom stereocenters. The minimum absolute atomic E-state index is 0.338. The highest BCUT2D eigenvalue weighted by Gasteiger charge is 2.53. The molecule has 4 aliphatic rings. The maximum Gasteiger partial charge on any atom is 0.132 e. The van der Waals surface area contributed by atoms with Crippen molar-refractivity contribution in [1.82, 2.24) is 0 Å². The number of benzene rings is 12. The van der Waals surface area contributed by atoms with Gasteiger partial charge in [-0.15, -0.1) is 0 Å². The van der Waals surface area contributed by atoms with E-state index in [1.807, 2.05) is 0 Å². The SMILES string of the molecule is CC1(C)c2ccccc2Oc2cccc(-c3cccc4c(-c5cccc6c5-c5ccccc5C65c6ccccc6-c6ccc7ccccc7c65)c5cccc(-c6cccc7c6C(C)(C)c6ccccc6O7)c5cc34)c21. The lowest BCUT2D eigenvalue weighted by molar-refractivity contribution is 0.418. The molecule has 75 heavy (non-hydrogen) atoms. The van der Waals surface area contributed by atoms with Crippen LogP contribution in [0.4, 0.5) is 0 Å². The van der Waals surface area contributed by atoms with Crippen molar-refractivity contribution < 1.29 is 9.47 Å². The topological polar surface area (TPSA) is 18.5 Å². The number of rotatable bonds is 3. The van der Waals surface area contributed by atoms with Crippen molar-refractivity contribution in [2.45, 2.75) is 43.9 Å². The molecule has 0 saturated carbocycles. The molecule has 2 nitrogen and oxygen atoms in total. The van der Waals surface area contributed by atoms with E-state index in [1.165, 1.54) is 132 Å². The van der Waals surface area contributed by atoms with Crippen molar-refractivity contribution in [3.05, 3.63) is 275 Å². The molecule has 0 saturated heterocycles. The lowest BCUT2D eigenvalue weighted by Gasteiger charge is -2.36. The van der Waals surface area contributed by atoms with E-state index in [4.69, 9.17) is 9.47 Å². The van der Waals surface area contributed by atoms with E-state index in [2.05, 4.69) is 258 Å². The molecule has 2 aliphatic carbocycles. The van der Waals surface area contributed by atoms with Crippen LogP contribution >= 0.6 is 0 Å². The highest BCUT2D eigenvalue weighted by molar-refractivity contribution is 6.21. The van der Waals surface area contributed by atoms with Crippen LogP contribution in [-0.2, 0) is 16.2 Å². The van der Waals surface area contributed by atoms with Crippen LogP contribution in [0.1, 0.15) is 72.2 Å². The molecule has 1 atom stereocenters. The van der Waals surface area contributed by atoms with Crippen LogP contribution in [0.15, 0.2) is 231 Å². The van der Waals surface area contributed by atoms with Gasteiger partial charge in [-0.2, -0.15) is 0 Å². The highest BCUT2D eigenvalue weighted by Crippen LogP contribution is 2.66. The van der Waals surface area contributed by atoms with E-state index < -0.39 is 5.41 Å². The molecule has 354 valence electrons. The van der Waals surface area contributed by atoms with E-state index in [-0.39, 0.29) is 10.8 Å². The van der Waals surface area contributed by atoms with Gasteiger partial charge in [0.05, 0.1) is 5.41 Å². The van der Waals surface area contributed by atoms with Gasteiger partial charge in [-0.3, -0.25) is 0 Å². The van der Waals surface area contributed by atoms with E-state index >= 15 is 0 Å². The van der Waals surface area contributed by atoms with Crippen LogP contribution in [0.2, 0.25) is 0 Å². The van der Waals surface area contributed by atoms with E-state index in [0.29, 0.717) is 0 Å². The summed E-state index contributed by atoms with van der Waals surface area (Å²) in [5.41, 5.74) is 21.3. The van der Waals surface area contributed by atoms with E-state index in [0.717, 1.165) is 23.0 Å². The first kappa shape index (κ1) is 42.5. The van der Waals surface area contributed by atoms with Crippen LogP contribution in [0.25, 0.3) is 88.0 Å². The number of fused-ring (bicyclic) bond motifs is 18. The molecule has 0 fully saturated rings. The molecule has 0 amide bonds. The zero-order valence-electron chi connectivity index (χ0n) is 42.3. The average Bonchev–Trinajstić information content (AvgIpc) is 4.09. The Morgan fingerprint density at radius 2 is 0.667 bits per heavy atom. The minimum Gasteiger partial charge on any atom is -0.457 e. The first-order valence-corrected chi connectivity index (χ1v) is 26.4. The molecule has 16 rings (SSSR count). The molecule has 12 aromatic rings. The standard InChI is InChI=1S/C73H50O2/c1-71(2)59-33-11-13-36-62(59)74-64-38-18-28-50(69(64)71)45-24-15-26-48-55(45)42-56-46(51-29-19-39-65-70(51)72(3,4)60-34-12-14-37-63(60)75-65)25-16-27-49(56)66(48)54-30-17-35-61-67(54)53-23-8-10-32-58(53)73(61)57-31-9-7-22-47(57)52-41-40-43-20-5-6-21-44(43)68(52)73/h5-42H,1-4H3. The normalized spacial score (nSPS) is 16.5. The average molecular weight is 959 g/mol. The van der Waals surface area contributed by atoms with Gasteiger partial charge < -0.3 is 9.47 Å². The molecule has 12 aromatic carbocycles. The summed E-state index contributed by atoms with van der Waals surface area (Å²) in [6, 6.07) is 86.1. The molecule has 0 bridgehead atoms. The van der Waals surface area contributed by atoms with Gasteiger partial charge in [-0.05, 0) is 141 Å². The quantitative estimate of drug-likeness (QED) is 0.164. The molecule has 2 aliphatic heterocycles. The highest BCUT2D eigenvalue weighted by atomic mass is 16.5. The zero-order valence-corrected chi connectivity index (χ0v) is 42.3. The van der Waals surface area contributed by atoms with Gasteiger partial charge >= 0.3 is 0 Å². The number of para-hydroxylation sites is 2. The van der Waals surface area contributed by atoms with Gasteiger partial charge in [0.15, 0.2) is 0 Å². The fourth-order valence-electron chi connectivity index (χ4n) is 14.7. The first-order valence-electron chi connectivity index (χ1n) is 26.4. The lowest BCUT2D eigenvalue weighted by Crippen LogP contribution is -2.26. The summed E-state index contributed by atoms with van der Waals surface area (Å²) in [5.74, 6) is 3.64. The first-order chi connectivity index (χ1) is 36.7. The van der Waals surface area contributed by atoms with Gasteiger partial charge in [-0.1, -0.05) is 228 Å². The van der Waals surface area contributed by atoms with Crippen molar-refractivity contribution in [3.8, 4) is 78.6 Å². The minimum atomic E-state index is -0.540. The third kappa shape index (κ3) is 5.48. The van der Waals surface area contributed by atoms with Gasteiger partial charge in [-0.25, -0.2) is 0 Å². The van der Waals surface area contributed by atoms with Crippen LogP contribution in [0, 0.1) is 0 Å². The van der Waals surface area contributed by atoms with Crippen molar-refractivity contribution in [2.75, 3.05) is 0 Å². The summed E-state index contributed by atoms with van der Waals surface area (Å²) >= 11 is 0. The molecule has 0 N–H and O–H groups in total. The Hall–Kier alpha value is -8.98. The Labute approximate surface area is 437 Å². The Morgan fingerprint density at radius 3 is 1.29 bits per heavy atom. The van der Waals surface area contributed by atoms with E-state index in [1.54, 1.807) is 0 Å². The Morgan fingerprint density at radius 1 is 0.253 bits per heavy atom. The van der Waals surface area contributed by atoms with Crippen LogP contribution in [-0.4, -0.2) is 0 Å². The largest absolute Gasteiger partial charge is 0.457 e. The van der Waals surface area contributed by atoms with Gasteiger partial charge in [0.1, 0.15) is 23.0 Å². The Kier molecular flexibility index (Phi) is 8.54. The van der Waals surface area contributed by atoms with Gasteiger partial charge in [0, 0.05) is 33.1 Å². The maximum atomic E-state index is 6.82. The van der Waals surface area contributed by atoms with Gasteiger partial charge in [0.25, 0.3) is 0 Å². The lowest BCUT2D eigenvalue weighted by atomic mass is 9.69. The summed E-state index contributed by atoms with van der Waals surface area (Å²) < 4.78 is 13.6. The summed E-state index contributed by atoms with van der Waals surface area (Å²) in [4.78, 5) is 0. The number of hydrogen-bond acceptors (Lipinski definition) is 2. The van der Waals surface area contributed by atoms with Gasteiger partial charge in [0.2, 0.25) is 0 Å². The summed E-state index contributed by atoms with van der Waals surface area (Å²) in [6.45, 7) is 9.41. The number of hydrogen-bond donors (Lipinski definition) is 0. The third-order valence-corrected chi connectivity index (χ3v) is 17.7. The van der Waals surface area contributed by atoms with E-state index in [9.17, 15) is 0 Å². The molecular weight excluding hydrogens is 909 g/mol. The molecule has 2 heteroatoms. The predicted molar refractivity (Wildman–Crippen MR) is 309 cm³/mol. The smallest absolute Gasteiger partial charge is 0.132 e. The molecular formula is C73H50O2. The monoisotopic (exact) mass is 958 g/mol. The fraction of sp³-hybridized carbons (Fsp3) is 0.0959. The third-order valence-electron chi connectivity index (χ3n) is 17.7. The zero-order chi connectivity index (χ0) is 50.0. The van der Waals surface area contributed by atoms with Crippen LogP contribution in [0.5, 0.6) is 23.0 Å². The molecule has 0 aromatic heterocycles. The maximum absolute atomic E-state index is 6.82. The predicted octanol–water partition coefficient (Wildman–Crippen LogP) is 19.4. The van der Waals surface area contributed by atoms with Crippen molar-refractivity contribution >= 4 is 32.3 Å². The summed E-state index contributed by atoms with van der Waals surface area (Å²) in [6.07, 6.45) is 0. The number of ether oxygens (including phenoxy) is 2. The Balaban J connectivity index is 1.04. The molecule has 0 radical (unpaired) electrons. The molecule has 1 spiro atoms. The fourth-order valence-corrected chi connectivity index (χ4v) is 14.7. The van der Waals surface area contributed by atoms with Crippen molar-refractivity contribution in [2.24, 2.45) is 0 Å². The second kappa shape index (κ2) is 15.1. The second-order valence-electron chi connectivity index (χ2n) is 22.1.